The van der Waals surface area contributed by atoms with Gasteiger partial charge in [-0.1, -0.05) is 32.4 Å². The third kappa shape index (κ3) is 5.63. The summed E-state index contributed by atoms with van der Waals surface area (Å²) in [6, 6.07) is -0.431. The summed E-state index contributed by atoms with van der Waals surface area (Å²) in [7, 11) is 0. The molecule has 0 aromatic rings. The Kier molecular flexibility index (Phi) is 9.51. The van der Waals surface area contributed by atoms with Gasteiger partial charge in [-0.3, -0.25) is 0 Å². The van der Waals surface area contributed by atoms with Crippen molar-refractivity contribution in [1.29, 1.82) is 0 Å². The van der Waals surface area contributed by atoms with Gasteiger partial charge in [0.25, 0.3) is 0 Å². The highest BCUT2D eigenvalue weighted by Gasteiger charge is 2.39. The number of nitrogens with zero attached hydrogens (tertiary/aromatic N) is 1. The number of rotatable bonds is 11. The minimum atomic E-state index is -0.759. The molecule has 2 N–H and O–H groups in total. The maximum Gasteiger partial charge on any atom is 0.362 e. The summed E-state index contributed by atoms with van der Waals surface area (Å²) in [5.41, 5.74) is 0. The Bertz CT molecular complexity index is 298. The van der Waals surface area contributed by atoms with Gasteiger partial charge in [-0.05, 0) is 26.7 Å². The average molecular weight is 286 g/mol. The molecule has 2 unspecified atom stereocenters. The molecule has 4 nitrogen and oxygen atoms in total. The number of aliphatic hydroxyl groups excluding tert-OH is 1. The molecule has 0 aliphatic carbocycles. The molecule has 0 heterocycles. The van der Waals surface area contributed by atoms with Gasteiger partial charge in [-0.2, -0.15) is 0 Å². The fraction of sp³-hybridized carbons (Fsp3) is 0.812. The fourth-order valence-corrected chi connectivity index (χ4v) is 2.88. The van der Waals surface area contributed by atoms with Crippen molar-refractivity contribution in [2.75, 3.05) is 19.6 Å². The van der Waals surface area contributed by atoms with Gasteiger partial charge >= 0.3 is 5.97 Å². The number of carbonyl (C=O) groups is 1. The predicted molar refractivity (Wildman–Crippen MR) is 82.6 cm³/mol. The summed E-state index contributed by atoms with van der Waals surface area (Å²) in [5, 5.41) is 19.6. The maximum absolute atomic E-state index is 11.5. The molecule has 0 amide bonds. The highest BCUT2D eigenvalue weighted by Crippen LogP contribution is 2.19. The Morgan fingerprint density at radius 3 is 2.15 bits per heavy atom. The van der Waals surface area contributed by atoms with Crippen LogP contribution >= 0.6 is 0 Å². The smallest absolute Gasteiger partial charge is 0.362 e. The molecule has 20 heavy (non-hydrogen) atoms. The molecule has 0 fully saturated rings. The maximum atomic E-state index is 11.5. The number of carboxylic acid groups (broad SMARTS) is 1. The van der Waals surface area contributed by atoms with Gasteiger partial charge in [0.05, 0.1) is 13.1 Å². The van der Waals surface area contributed by atoms with Crippen molar-refractivity contribution in [2.24, 2.45) is 0 Å². The van der Waals surface area contributed by atoms with Crippen LogP contribution in [0, 0.1) is 0 Å². The van der Waals surface area contributed by atoms with Gasteiger partial charge in [0, 0.05) is 6.42 Å². The van der Waals surface area contributed by atoms with E-state index in [1.165, 1.54) is 0 Å². The van der Waals surface area contributed by atoms with Crippen LogP contribution in [0.2, 0.25) is 0 Å². The van der Waals surface area contributed by atoms with Gasteiger partial charge in [0.2, 0.25) is 0 Å². The molecule has 0 radical (unpaired) electrons. The number of carboxylic acids is 1. The van der Waals surface area contributed by atoms with Crippen molar-refractivity contribution in [2.45, 2.75) is 65.5 Å². The fourth-order valence-electron chi connectivity index (χ4n) is 2.88. The van der Waals surface area contributed by atoms with E-state index in [-0.39, 0.29) is 0 Å². The SMILES string of the molecule is CCC/C=C/CC(O)C[N+](CC)(CC)C(CC)C(=O)O. The zero-order valence-corrected chi connectivity index (χ0v) is 13.5. The Labute approximate surface area is 123 Å². The Morgan fingerprint density at radius 2 is 1.75 bits per heavy atom. The van der Waals surface area contributed by atoms with Crippen molar-refractivity contribution >= 4 is 5.97 Å². The normalized spacial score (nSPS) is 15.4. The van der Waals surface area contributed by atoms with Crippen molar-refractivity contribution < 1.29 is 19.5 Å². The summed E-state index contributed by atoms with van der Waals surface area (Å²) < 4.78 is 0.453. The van der Waals surface area contributed by atoms with E-state index in [1.807, 2.05) is 26.8 Å². The monoisotopic (exact) mass is 286 g/mol. The molecule has 0 saturated carbocycles. The topological polar surface area (TPSA) is 57.5 Å². The first-order chi connectivity index (χ1) is 9.47. The second-order valence-corrected chi connectivity index (χ2v) is 5.45. The molecule has 0 saturated heterocycles. The zero-order chi connectivity index (χ0) is 15.6. The first-order valence-corrected chi connectivity index (χ1v) is 7.88. The minimum absolute atomic E-state index is 0.431. The van der Waals surface area contributed by atoms with Crippen LogP contribution in [0.25, 0.3) is 0 Å². The minimum Gasteiger partial charge on any atom is -0.477 e. The van der Waals surface area contributed by atoms with Crippen LogP contribution < -0.4 is 0 Å². The second-order valence-electron chi connectivity index (χ2n) is 5.45. The van der Waals surface area contributed by atoms with E-state index in [1.54, 1.807) is 0 Å². The summed E-state index contributed by atoms with van der Waals surface area (Å²) in [4.78, 5) is 11.5. The van der Waals surface area contributed by atoms with E-state index < -0.39 is 18.1 Å². The molecule has 0 rings (SSSR count). The molecular weight excluding hydrogens is 254 g/mol. The third-order valence-corrected chi connectivity index (χ3v) is 4.20. The highest BCUT2D eigenvalue weighted by molar-refractivity contribution is 5.72. The number of unbranched alkanes of at least 4 members (excludes halogenated alkanes) is 1. The number of hydrogen-bond acceptors (Lipinski definition) is 2. The van der Waals surface area contributed by atoms with Crippen LogP contribution in [0.1, 0.15) is 53.4 Å². The highest BCUT2D eigenvalue weighted by atomic mass is 16.4. The Hall–Kier alpha value is -0.870. The molecule has 0 aromatic heterocycles. The number of allylic oxidation sites excluding steroid dienone is 1. The van der Waals surface area contributed by atoms with Crippen LogP contribution in [-0.4, -0.2) is 52.4 Å². The molecule has 0 spiro atoms. The van der Waals surface area contributed by atoms with E-state index in [0.717, 1.165) is 25.9 Å². The van der Waals surface area contributed by atoms with Gasteiger partial charge in [-0.15, -0.1) is 0 Å². The lowest BCUT2D eigenvalue weighted by Crippen LogP contribution is -2.61. The summed E-state index contributed by atoms with van der Waals surface area (Å²) in [6.07, 6.45) is 6.96. The van der Waals surface area contributed by atoms with Crippen molar-refractivity contribution in [3.63, 3.8) is 0 Å². The van der Waals surface area contributed by atoms with Crippen LogP contribution in [0.3, 0.4) is 0 Å². The molecule has 0 aromatic carbocycles. The van der Waals surface area contributed by atoms with Crippen molar-refractivity contribution in [3.8, 4) is 0 Å². The van der Waals surface area contributed by atoms with Crippen LogP contribution in [0.5, 0.6) is 0 Å². The van der Waals surface area contributed by atoms with Gasteiger partial charge in [0.15, 0.2) is 6.04 Å². The van der Waals surface area contributed by atoms with Gasteiger partial charge in [0.1, 0.15) is 12.6 Å². The van der Waals surface area contributed by atoms with Gasteiger partial charge < -0.3 is 14.7 Å². The summed E-state index contributed by atoms with van der Waals surface area (Å²) >= 11 is 0. The van der Waals surface area contributed by atoms with Crippen LogP contribution in [0.15, 0.2) is 12.2 Å². The molecule has 0 aliphatic heterocycles. The number of aliphatic carboxylic acids is 1. The molecule has 0 bridgehead atoms. The molecule has 0 aliphatic rings. The Morgan fingerprint density at radius 1 is 1.15 bits per heavy atom. The number of likely N-dealkylation sites (N-methyl/N-ethyl adjacent to an activating group) is 1. The van der Waals surface area contributed by atoms with Gasteiger partial charge in [-0.25, -0.2) is 4.79 Å². The van der Waals surface area contributed by atoms with Crippen molar-refractivity contribution in [1.82, 2.24) is 0 Å². The van der Waals surface area contributed by atoms with E-state index in [9.17, 15) is 15.0 Å². The predicted octanol–water partition coefficient (Wildman–Crippen LogP) is 2.81. The van der Waals surface area contributed by atoms with Crippen molar-refractivity contribution in [3.05, 3.63) is 12.2 Å². The number of quaternary nitrogens is 1. The summed E-state index contributed by atoms with van der Waals surface area (Å²) in [5.74, 6) is -0.759. The largest absolute Gasteiger partial charge is 0.477 e. The van der Waals surface area contributed by atoms with E-state index >= 15 is 0 Å². The van der Waals surface area contributed by atoms with Crippen LogP contribution in [0.4, 0.5) is 0 Å². The number of hydrogen-bond donors (Lipinski definition) is 2. The first kappa shape index (κ1) is 19.1. The first-order valence-electron chi connectivity index (χ1n) is 7.88. The van der Waals surface area contributed by atoms with E-state index in [2.05, 4.69) is 13.0 Å². The lowest BCUT2D eigenvalue weighted by molar-refractivity contribution is -0.943. The van der Waals surface area contributed by atoms with E-state index in [0.29, 0.717) is 23.9 Å². The Balaban J connectivity index is 4.78. The quantitative estimate of drug-likeness (QED) is 0.453. The summed E-state index contributed by atoms with van der Waals surface area (Å²) in [6.45, 7) is 10.0. The second kappa shape index (κ2) is 9.94. The standard InChI is InChI=1S/C16H31NO3/c1-5-9-10-11-12-14(18)13-17(7-3,8-4)15(6-2)16(19)20/h10-11,14-15,18H,5-9,12-13H2,1-4H3/p+1/b11-10+. The molecule has 4 heteroatoms. The van der Waals surface area contributed by atoms with Crippen LogP contribution in [-0.2, 0) is 4.79 Å². The molecule has 2 atom stereocenters. The lowest BCUT2D eigenvalue weighted by Gasteiger charge is -2.42. The molecule has 118 valence electrons. The number of aliphatic hydroxyl groups is 1. The average Bonchev–Trinajstić information content (AvgIpc) is 2.42. The molecular formula is C16H32NO3+. The third-order valence-electron chi connectivity index (χ3n) is 4.20. The van der Waals surface area contributed by atoms with E-state index in [4.69, 9.17) is 0 Å². The zero-order valence-electron chi connectivity index (χ0n) is 13.5. The lowest BCUT2D eigenvalue weighted by atomic mass is 10.1.